The Kier molecular flexibility index (Phi) is 7.27. The second kappa shape index (κ2) is 10.2. The highest BCUT2D eigenvalue weighted by Gasteiger charge is 2.45. The first-order valence-electron chi connectivity index (χ1n) is 11.8. The zero-order chi connectivity index (χ0) is 25.9. The number of hydrogen-bond acceptors (Lipinski definition) is 5. The molecule has 0 radical (unpaired) electrons. The number of rotatable bonds is 5. The van der Waals surface area contributed by atoms with Gasteiger partial charge in [-0.2, -0.15) is 0 Å². The minimum atomic E-state index is -1.22. The van der Waals surface area contributed by atoms with Crippen molar-refractivity contribution in [2.75, 3.05) is 7.11 Å². The third kappa shape index (κ3) is 5.65. The summed E-state index contributed by atoms with van der Waals surface area (Å²) < 4.78 is 16.8. The second-order valence-corrected chi connectivity index (χ2v) is 10.3. The number of ether oxygens (including phenoxy) is 3. The average molecular weight is 508 g/mol. The van der Waals surface area contributed by atoms with Crippen molar-refractivity contribution >= 4 is 23.7 Å². The predicted octanol–water partition coefficient (Wildman–Crippen LogP) is 6.72. The van der Waals surface area contributed by atoms with Gasteiger partial charge in [0.15, 0.2) is 0 Å². The molecular weight excluding hydrogens is 478 g/mol. The van der Waals surface area contributed by atoms with Gasteiger partial charge in [-0.05, 0) is 69.0 Å². The van der Waals surface area contributed by atoms with E-state index in [9.17, 15) is 9.59 Å². The van der Waals surface area contributed by atoms with Gasteiger partial charge < -0.3 is 19.5 Å². The Balaban J connectivity index is 1.63. The van der Waals surface area contributed by atoms with Crippen LogP contribution in [0.15, 0.2) is 66.7 Å². The van der Waals surface area contributed by atoms with Crippen molar-refractivity contribution in [3.63, 3.8) is 0 Å². The van der Waals surface area contributed by atoms with E-state index in [1.165, 1.54) is 7.11 Å². The van der Waals surface area contributed by atoms with Crippen molar-refractivity contribution in [2.24, 2.45) is 0 Å². The van der Waals surface area contributed by atoms with Crippen LogP contribution >= 0.6 is 11.6 Å². The number of aryl methyl sites for hydroxylation is 1. The molecule has 36 heavy (non-hydrogen) atoms. The van der Waals surface area contributed by atoms with E-state index in [1.807, 2.05) is 66.7 Å². The molecule has 0 aliphatic heterocycles. The van der Waals surface area contributed by atoms with Crippen molar-refractivity contribution in [1.82, 2.24) is 5.32 Å². The Morgan fingerprint density at radius 2 is 1.64 bits per heavy atom. The maximum Gasteiger partial charge on any atom is 0.408 e. The Morgan fingerprint density at radius 3 is 2.33 bits per heavy atom. The summed E-state index contributed by atoms with van der Waals surface area (Å²) in [5.41, 5.74) is 1.82. The third-order valence-electron chi connectivity index (χ3n) is 6.09. The molecule has 0 aromatic heterocycles. The molecule has 0 saturated heterocycles. The number of nitrogens with one attached hydrogen (secondary N) is 1. The lowest BCUT2D eigenvalue weighted by Gasteiger charge is -2.36. The summed E-state index contributed by atoms with van der Waals surface area (Å²) >= 11 is 6.44. The van der Waals surface area contributed by atoms with Crippen LogP contribution < -0.4 is 10.1 Å². The molecule has 0 saturated carbocycles. The summed E-state index contributed by atoms with van der Waals surface area (Å²) in [5, 5.41) is 3.43. The van der Waals surface area contributed by atoms with Crippen LogP contribution in [0.5, 0.6) is 11.5 Å². The Morgan fingerprint density at radius 1 is 0.944 bits per heavy atom. The minimum absolute atomic E-state index is 0.262. The molecule has 1 aliphatic carbocycles. The second-order valence-electron chi connectivity index (χ2n) is 9.89. The SMILES string of the molecule is COC(=O)C1(NC(=O)OC(C)(C)C)CCc2ccc(Oc3ccccc3-c3ccccc3Cl)cc2C1. The van der Waals surface area contributed by atoms with Crippen molar-refractivity contribution in [2.45, 2.75) is 51.2 Å². The van der Waals surface area contributed by atoms with Crippen molar-refractivity contribution in [3.8, 4) is 22.6 Å². The van der Waals surface area contributed by atoms with Gasteiger partial charge in [0.05, 0.1) is 7.11 Å². The fourth-order valence-corrected chi connectivity index (χ4v) is 4.68. The normalized spacial score (nSPS) is 17.0. The molecule has 0 spiro atoms. The van der Waals surface area contributed by atoms with Gasteiger partial charge in [0.2, 0.25) is 0 Å². The highest BCUT2D eigenvalue weighted by atomic mass is 35.5. The molecule has 0 fully saturated rings. The lowest BCUT2D eigenvalue weighted by atomic mass is 9.78. The molecule has 1 N–H and O–H groups in total. The van der Waals surface area contributed by atoms with Crippen LogP contribution in [0.1, 0.15) is 38.3 Å². The van der Waals surface area contributed by atoms with Gasteiger partial charge in [-0.15, -0.1) is 0 Å². The monoisotopic (exact) mass is 507 g/mol. The molecule has 1 amide bonds. The van der Waals surface area contributed by atoms with Gasteiger partial charge >= 0.3 is 12.1 Å². The van der Waals surface area contributed by atoms with Crippen LogP contribution in [0.2, 0.25) is 5.02 Å². The molecule has 3 aromatic rings. The summed E-state index contributed by atoms with van der Waals surface area (Å²) in [5.74, 6) is 0.771. The Bertz CT molecular complexity index is 1280. The van der Waals surface area contributed by atoms with Crippen LogP contribution in [0.25, 0.3) is 11.1 Å². The molecule has 1 unspecified atom stereocenters. The van der Waals surface area contributed by atoms with Crippen LogP contribution in [-0.4, -0.2) is 30.3 Å². The molecule has 0 heterocycles. The molecule has 188 valence electrons. The van der Waals surface area contributed by atoms with Gasteiger partial charge in [-0.3, -0.25) is 0 Å². The van der Waals surface area contributed by atoms with Gasteiger partial charge in [0.1, 0.15) is 22.6 Å². The molecule has 1 aliphatic rings. The summed E-state index contributed by atoms with van der Waals surface area (Å²) in [6.07, 6.45) is 0.605. The van der Waals surface area contributed by atoms with E-state index >= 15 is 0 Å². The number of halogens is 1. The van der Waals surface area contributed by atoms with Crippen molar-refractivity contribution in [3.05, 3.63) is 82.9 Å². The molecule has 0 bridgehead atoms. The number of amides is 1. The first-order chi connectivity index (χ1) is 17.1. The number of benzene rings is 3. The van der Waals surface area contributed by atoms with E-state index in [2.05, 4.69) is 5.32 Å². The molecule has 3 aromatic carbocycles. The Hall–Kier alpha value is -3.51. The van der Waals surface area contributed by atoms with E-state index in [0.29, 0.717) is 29.4 Å². The quantitative estimate of drug-likeness (QED) is 0.388. The Labute approximate surface area is 216 Å². The van der Waals surface area contributed by atoms with E-state index in [1.54, 1.807) is 20.8 Å². The van der Waals surface area contributed by atoms with Gasteiger partial charge in [-0.25, -0.2) is 9.59 Å². The van der Waals surface area contributed by atoms with E-state index in [-0.39, 0.29) is 6.42 Å². The summed E-state index contributed by atoms with van der Waals surface area (Å²) in [7, 11) is 1.32. The predicted molar refractivity (Wildman–Crippen MR) is 140 cm³/mol. The number of fused-ring (bicyclic) bond motifs is 1. The zero-order valence-electron chi connectivity index (χ0n) is 20.9. The average Bonchev–Trinajstić information content (AvgIpc) is 2.83. The molecule has 4 rings (SSSR count). The summed E-state index contributed by atoms with van der Waals surface area (Å²) in [6, 6.07) is 21.1. The molecule has 1 atom stereocenters. The number of carbonyl (C=O) groups excluding carboxylic acids is 2. The zero-order valence-corrected chi connectivity index (χ0v) is 21.6. The lowest BCUT2D eigenvalue weighted by molar-refractivity contribution is -0.149. The first-order valence-corrected chi connectivity index (χ1v) is 12.2. The van der Waals surface area contributed by atoms with Crippen molar-refractivity contribution < 1.29 is 23.8 Å². The number of para-hydroxylation sites is 1. The highest BCUT2D eigenvalue weighted by molar-refractivity contribution is 6.33. The topological polar surface area (TPSA) is 73.9 Å². The third-order valence-corrected chi connectivity index (χ3v) is 6.42. The number of carbonyl (C=O) groups is 2. The van der Waals surface area contributed by atoms with Crippen LogP contribution in [0, 0.1) is 0 Å². The first kappa shape index (κ1) is 25.6. The molecule has 7 heteroatoms. The minimum Gasteiger partial charge on any atom is -0.467 e. The van der Waals surface area contributed by atoms with E-state index in [4.69, 9.17) is 25.8 Å². The van der Waals surface area contributed by atoms with Crippen LogP contribution in [0.4, 0.5) is 4.79 Å². The number of methoxy groups -OCH3 is 1. The highest BCUT2D eigenvalue weighted by Crippen LogP contribution is 2.38. The fraction of sp³-hybridized carbons (Fsp3) is 0.310. The molecule has 6 nitrogen and oxygen atoms in total. The van der Waals surface area contributed by atoms with Gasteiger partial charge in [-0.1, -0.05) is 54.1 Å². The number of hydrogen-bond donors (Lipinski definition) is 1. The number of esters is 1. The largest absolute Gasteiger partial charge is 0.467 e. The molecular formula is C29H30ClNO5. The van der Waals surface area contributed by atoms with Gasteiger partial charge in [0, 0.05) is 22.6 Å². The maximum atomic E-state index is 12.9. The lowest BCUT2D eigenvalue weighted by Crippen LogP contribution is -2.59. The van der Waals surface area contributed by atoms with Crippen molar-refractivity contribution in [1.29, 1.82) is 0 Å². The standard InChI is InChI=1S/C29H30ClNO5/c1-28(2,3)36-27(33)31-29(26(32)34-4)16-15-19-13-14-21(17-20(19)18-29)35-25-12-8-6-10-23(25)22-9-5-7-11-24(22)30/h5-14,17H,15-16,18H2,1-4H3,(H,31,33). The number of alkyl carbamates (subject to hydrolysis) is 1. The van der Waals surface area contributed by atoms with Crippen LogP contribution in [-0.2, 0) is 27.1 Å². The van der Waals surface area contributed by atoms with E-state index in [0.717, 1.165) is 22.3 Å². The summed E-state index contributed by atoms with van der Waals surface area (Å²) in [4.78, 5) is 25.5. The maximum absolute atomic E-state index is 12.9. The van der Waals surface area contributed by atoms with Crippen LogP contribution in [0.3, 0.4) is 0 Å². The van der Waals surface area contributed by atoms with E-state index < -0.39 is 23.2 Å². The van der Waals surface area contributed by atoms with Gasteiger partial charge in [0.25, 0.3) is 0 Å². The smallest absolute Gasteiger partial charge is 0.408 e. The fourth-order valence-electron chi connectivity index (χ4n) is 4.45. The summed E-state index contributed by atoms with van der Waals surface area (Å²) in [6.45, 7) is 5.33.